The van der Waals surface area contributed by atoms with Crippen molar-refractivity contribution >= 4 is 17.7 Å². The van der Waals surface area contributed by atoms with Crippen LogP contribution in [0.15, 0.2) is 67.3 Å². The number of aryl methyl sites for hydroxylation is 1. The minimum absolute atomic E-state index is 0.298. The molecule has 2 heterocycles. The van der Waals surface area contributed by atoms with Crippen molar-refractivity contribution < 1.29 is 23.7 Å². The van der Waals surface area contributed by atoms with E-state index in [-0.39, 0.29) is 5.91 Å². The van der Waals surface area contributed by atoms with E-state index in [9.17, 15) is 4.79 Å². The van der Waals surface area contributed by atoms with Gasteiger partial charge in [0.2, 0.25) is 17.5 Å². The van der Waals surface area contributed by atoms with E-state index in [2.05, 4.69) is 20.3 Å². The second-order valence-corrected chi connectivity index (χ2v) is 7.47. The molecule has 10 nitrogen and oxygen atoms in total. The average molecular weight is 488 g/mol. The van der Waals surface area contributed by atoms with Gasteiger partial charge in [0, 0.05) is 30.2 Å². The summed E-state index contributed by atoms with van der Waals surface area (Å²) in [4.78, 5) is 25.0. The maximum atomic E-state index is 12.4. The number of carbonyl (C=O) groups excluding carboxylic acids is 1. The lowest BCUT2D eigenvalue weighted by Crippen LogP contribution is -2.07. The van der Waals surface area contributed by atoms with Crippen LogP contribution < -0.4 is 24.3 Å². The molecule has 0 spiro atoms. The average Bonchev–Trinajstić information content (AvgIpc) is 3.33. The first-order chi connectivity index (χ1) is 17.5. The lowest BCUT2D eigenvalue weighted by molar-refractivity contribution is -0.111. The molecule has 0 atom stereocenters. The molecule has 2 aromatic carbocycles. The molecule has 184 valence electrons. The van der Waals surface area contributed by atoms with Crippen molar-refractivity contribution in [3.8, 4) is 34.7 Å². The van der Waals surface area contributed by atoms with Gasteiger partial charge in [-0.2, -0.15) is 0 Å². The summed E-state index contributed by atoms with van der Waals surface area (Å²) in [6.45, 7) is 1.88. The number of benzene rings is 2. The molecule has 0 unspecified atom stereocenters. The topological polar surface area (TPSA) is 110 Å². The Morgan fingerprint density at radius 2 is 1.67 bits per heavy atom. The lowest BCUT2D eigenvalue weighted by Gasteiger charge is -2.12. The zero-order valence-electron chi connectivity index (χ0n) is 20.3. The van der Waals surface area contributed by atoms with E-state index in [0.717, 1.165) is 11.4 Å². The molecule has 1 N–H and O–H groups in total. The maximum absolute atomic E-state index is 12.4. The van der Waals surface area contributed by atoms with Crippen molar-refractivity contribution in [2.45, 2.75) is 6.92 Å². The van der Waals surface area contributed by atoms with Crippen LogP contribution in [0.1, 0.15) is 11.4 Å². The Morgan fingerprint density at radius 3 is 2.28 bits per heavy atom. The van der Waals surface area contributed by atoms with Gasteiger partial charge >= 0.3 is 0 Å². The molecule has 1 amide bonds. The van der Waals surface area contributed by atoms with Crippen LogP contribution in [-0.2, 0) is 4.79 Å². The lowest BCUT2D eigenvalue weighted by atomic mass is 10.1. The van der Waals surface area contributed by atoms with Crippen LogP contribution in [-0.4, -0.2) is 46.8 Å². The van der Waals surface area contributed by atoms with Gasteiger partial charge in [-0.25, -0.2) is 15.0 Å². The third kappa shape index (κ3) is 5.61. The Hall–Kier alpha value is -4.86. The first kappa shape index (κ1) is 24.3. The molecular formula is C26H25N5O5. The molecule has 2 aromatic heterocycles. The zero-order valence-corrected chi connectivity index (χ0v) is 20.3. The number of amides is 1. The Kier molecular flexibility index (Phi) is 7.45. The highest BCUT2D eigenvalue weighted by Gasteiger charge is 2.12. The molecule has 4 rings (SSSR count). The highest BCUT2D eigenvalue weighted by atomic mass is 16.5. The van der Waals surface area contributed by atoms with E-state index in [1.165, 1.54) is 33.7 Å². The smallest absolute Gasteiger partial charge is 0.248 e. The highest BCUT2D eigenvalue weighted by Crippen LogP contribution is 2.38. The first-order valence-corrected chi connectivity index (χ1v) is 10.9. The summed E-state index contributed by atoms with van der Waals surface area (Å²) < 4.78 is 23.7. The summed E-state index contributed by atoms with van der Waals surface area (Å²) in [5.41, 5.74) is 1.33. The number of ether oxygens (including phenoxy) is 4. The number of nitrogens with zero attached hydrogens (tertiary/aromatic N) is 4. The van der Waals surface area contributed by atoms with Crippen LogP contribution in [0.4, 0.5) is 5.69 Å². The standard InChI is InChI=1S/C26H25N5O5/c1-17-27-11-12-31(17)23-15-25(29-16-28-23)36-20-8-6-19(7-9-20)30-24(32)10-5-18-13-21(33-2)26(35-4)22(14-18)34-3/h5-16H,1-4H3,(H,30,32)/b10-5+. The molecule has 0 bridgehead atoms. The number of imidazole rings is 1. The van der Waals surface area contributed by atoms with Gasteiger partial charge in [0.1, 0.15) is 23.7 Å². The van der Waals surface area contributed by atoms with Gasteiger partial charge in [0.05, 0.1) is 21.3 Å². The minimum atomic E-state index is -0.298. The summed E-state index contributed by atoms with van der Waals surface area (Å²) in [6, 6.07) is 12.2. The SMILES string of the molecule is COc1cc(/C=C/C(=O)Nc2ccc(Oc3cc(-n4ccnc4C)ncn3)cc2)cc(OC)c1OC. The van der Waals surface area contributed by atoms with Crippen molar-refractivity contribution in [2.24, 2.45) is 0 Å². The molecule has 10 heteroatoms. The number of carbonyl (C=O) groups is 1. The molecule has 0 radical (unpaired) electrons. The quantitative estimate of drug-likeness (QED) is 0.345. The van der Waals surface area contributed by atoms with E-state index in [0.29, 0.717) is 40.4 Å². The van der Waals surface area contributed by atoms with Gasteiger partial charge in [0.25, 0.3) is 0 Å². The predicted molar refractivity (Wildman–Crippen MR) is 134 cm³/mol. The molecule has 4 aromatic rings. The number of nitrogens with one attached hydrogen (secondary N) is 1. The van der Waals surface area contributed by atoms with Gasteiger partial charge in [-0.15, -0.1) is 0 Å². The van der Waals surface area contributed by atoms with E-state index < -0.39 is 0 Å². The van der Waals surface area contributed by atoms with E-state index in [1.54, 1.807) is 54.7 Å². The Morgan fingerprint density at radius 1 is 0.944 bits per heavy atom. The molecule has 36 heavy (non-hydrogen) atoms. The monoisotopic (exact) mass is 487 g/mol. The van der Waals surface area contributed by atoms with Crippen molar-refractivity contribution in [2.75, 3.05) is 26.6 Å². The van der Waals surface area contributed by atoms with Gasteiger partial charge in [0.15, 0.2) is 11.5 Å². The van der Waals surface area contributed by atoms with Crippen LogP contribution in [0, 0.1) is 6.92 Å². The largest absolute Gasteiger partial charge is 0.493 e. The number of hydrogen-bond donors (Lipinski definition) is 1. The second-order valence-electron chi connectivity index (χ2n) is 7.47. The van der Waals surface area contributed by atoms with E-state index >= 15 is 0 Å². The van der Waals surface area contributed by atoms with Crippen LogP contribution in [0.25, 0.3) is 11.9 Å². The van der Waals surface area contributed by atoms with Gasteiger partial charge in [-0.05, 0) is 55.0 Å². The fourth-order valence-electron chi connectivity index (χ4n) is 3.42. The first-order valence-electron chi connectivity index (χ1n) is 10.9. The Balaban J connectivity index is 1.40. The van der Waals surface area contributed by atoms with Crippen molar-refractivity contribution in [3.63, 3.8) is 0 Å². The number of methoxy groups -OCH3 is 3. The fraction of sp³-hybridized carbons (Fsp3) is 0.154. The number of rotatable bonds is 9. The van der Waals surface area contributed by atoms with Crippen LogP contribution >= 0.6 is 0 Å². The minimum Gasteiger partial charge on any atom is -0.493 e. The third-order valence-corrected chi connectivity index (χ3v) is 5.16. The zero-order chi connectivity index (χ0) is 25.5. The summed E-state index contributed by atoms with van der Waals surface area (Å²) in [7, 11) is 4.61. The van der Waals surface area contributed by atoms with Crippen molar-refractivity contribution in [3.05, 3.63) is 78.6 Å². The normalized spacial score (nSPS) is 10.8. The molecule has 0 aliphatic rings. The number of anilines is 1. The van der Waals surface area contributed by atoms with Crippen LogP contribution in [0.5, 0.6) is 28.9 Å². The number of hydrogen-bond acceptors (Lipinski definition) is 8. The summed E-state index contributed by atoms with van der Waals surface area (Å²) in [6.07, 6.45) is 8.02. The molecular weight excluding hydrogens is 462 g/mol. The molecule has 0 aliphatic carbocycles. The van der Waals surface area contributed by atoms with Crippen molar-refractivity contribution in [1.82, 2.24) is 19.5 Å². The third-order valence-electron chi connectivity index (χ3n) is 5.16. The number of aromatic nitrogens is 4. The van der Waals surface area contributed by atoms with Gasteiger partial charge in [-0.3, -0.25) is 9.36 Å². The summed E-state index contributed by atoms with van der Waals surface area (Å²) in [5.74, 6) is 3.60. The summed E-state index contributed by atoms with van der Waals surface area (Å²) in [5, 5.41) is 2.81. The molecule has 0 aliphatic heterocycles. The molecule has 0 saturated heterocycles. The Bertz CT molecular complexity index is 1360. The van der Waals surface area contributed by atoms with Gasteiger partial charge in [-0.1, -0.05) is 0 Å². The maximum Gasteiger partial charge on any atom is 0.248 e. The van der Waals surface area contributed by atoms with E-state index in [1.807, 2.05) is 17.7 Å². The summed E-state index contributed by atoms with van der Waals surface area (Å²) >= 11 is 0. The predicted octanol–water partition coefficient (Wildman–Crippen LogP) is 4.44. The van der Waals surface area contributed by atoms with Crippen molar-refractivity contribution in [1.29, 1.82) is 0 Å². The molecule has 0 fully saturated rings. The Labute approximate surface area is 208 Å². The van der Waals surface area contributed by atoms with Crippen LogP contribution in [0.2, 0.25) is 0 Å². The van der Waals surface area contributed by atoms with Crippen LogP contribution in [0.3, 0.4) is 0 Å². The second kappa shape index (κ2) is 11.0. The highest BCUT2D eigenvalue weighted by molar-refractivity contribution is 6.02. The fourth-order valence-corrected chi connectivity index (χ4v) is 3.42. The van der Waals surface area contributed by atoms with Gasteiger partial charge < -0.3 is 24.3 Å². The molecule has 0 saturated carbocycles. The van der Waals surface area contributed by atoms with E-state index in [4.69, 9.17) is 18.9 Å².